The van der Waals surface area contributed by atoms with Crippen molar-refractivity contribution in [2.24, 2.45) is 0 Å². The Morgan fingerprint density at radius 1 is 1.29 bits per heavy atom. The van der Waals surface area contributed by atoms with Gasteiger partial charge in [0.05, 0.1) is 20.9 Å². The molecule has 6 rings (SSSR count). The van der Waals surface area contributed by atoms with Gasteiger partial charge in [0, 0.05) is 35.6 Å². The first-order chi connectivity index (χ1) is 17.0. The predicted molar refractivity (Wildman–Crippen MR) is 140 cm³/mol. The van der Waals surface area contributed by atoms with Crippen molar-refractivity contribution in [3.8, 4) is 17.1 Å². The van der Waals surface area contributed by atoms with E-state index >= 15 is 4.39 Å². The Morgan fingerprint density at radius 3 is 2.94 bits per heavy atom. The molecule has 0 bridgehead atoms. The topological polar surface area (TPSA) is 89.2 Å². The normalized spacial score (nSPS) is 18.6. The number of nitrogens with zero attached hydrogens (tertiary/aromatic N) is 4. The van der Waals surface area contributed by atoms with Crippen LogP contribution in [0.4, 0.5) is 9.52 Å². The molecule has 1 saturated heterocycles. The van der Waals surface area contributed by atoms with Gasteiger partial charge in [-0.05, 0) is 44.1 Å². The van der Waals surface area contributed by atoms with Gasteiger partial charge in [-0.15, -0.1) is 0 Å². The lowest BCUT2D eigenvalue weighted by Crippen LogP contribution is -2.31. The van der Waals surface area contributed by atoms with Gasteiger partial charge in [0.1, 0.15) is 12.1 Å². The van der Waals surface area contributed by atoms with Crippen molar-refractivity contribution < 1.29 is 9.13 Å². The average Bonchev–Trinajstić information content (AvgIpc) is 3.59. The summed E-state index contributed by atoms with van der Waals surface area (Å²) in [5, 5.41) is 4.53. The molecule has 1 fully saturated rings. The Kier molecular flexibility index (Phi) is 5.80. The Labute approximate surface area is 210 Å². The third-order valence-corrected chi connectivity index (χ3v) is 7.90. The van der Waals surface area contributed by atoms with E-state index < -0.39 is 5.82 Å². The van der Waals surface area contributed by atoms with Crippen LogP contribution in [0.2, 0.25) is 5.02 Å². The molecule has 4 heterocycles. The van der Waals surface area contributed by atoms with Crippen LogP contribution in [-0.4, -0.2) is 59.2 Å². The number of rotatable bonds is 5. The summed E-state index contributed by atoms with van der Waals surface area (Å²) in [6, 6.07) is 7.77. The predicted octanol–water partition coefficient (Wildman–Crippen LogP) is 4.74. The molecule has 4 aromatic rings. The monoisotopic (exact) mass is 510 g/mol. The first kappa shape index (κ1) is 22.6. The van der Waals surface area contributed by atoms with Gasteiger partial charge in [-0.2, -0.15) is 9.97 Å². The van der Waals surface area contributed by atoms with Crippen molar-refractivity contribution in [3.63, 3.8) is 0 Å². The number of likely N-dealkylation sites (tertiary alicyclic amines) is 1. The number of thiazole rings is 1. The number of para-hydroxylation sites is 1. The van der Waals surface area contributed by atoms with Gasteiger partial charge in [-0.3, -0.25) is 0 Å². The molecule has 1 unspecified atom stereocenters. The van der Waals surface area contributed by atoms with Gasteiger partial charge in [-0.25, -0.2) is 9.37 Å². The molecule has 2 aliphatic heterocycles. The van der Waals surface area contributed by atoms with Crippen molar-refractivity contribution >= 4 is 54.8 Å². The fourth-order valence-corrected chi connectivity index (χ4v) is 5.97. The third-order valence-electron chi connectivity index (χ3n) is 6.76. The minimum atomic E-state index is -0.524. The molecule has 2 aromatic heterocycles. The smallest absolute Gasteiger partial charge is 0.317 e. The maximum absolute atomic E-state index is 16.3. The largest absolute Gasteiger partial charge is 0.462 e. The lowest BCUT2D eigenvalue weighted by atomic mass is 9.99. The number of anilines is 1. The number of hydrogen-bond donors (Lipinski definition) is 2. The van der Waals surface area contributed by atoms with Crippen molar-refractivity contribution in [2.45, 2.75) is 18.9 Å². The van der Waals surface area contributed by atoms with Gasteiger partial charge >= 0.3 is 6.01 Å². The van der Waals surface area contributed by atoms with Gasteiger partial charge in [0.2, 0.25) is 0 Å². The lowest BCUT2D eigenvalue weighted by molar-refractivity contribution is 0.188. The van der Waals surface area contributed by atoms with E-state index in [4.69, 9.17) is 27.1 Å². The zero-order chi connectivity index (χ0) is 24.1. The number of fused-ring (bicyclic) bond motifs is 2. The number of nitrogen functional groups attached to an aromatic ring is 1. The summed E-state index contributed by atoms with van der Waals surface area (Å²) in [6.07, 6.45) is 4.24. The quantitative estimate of drug-likeness (QED) is 0.401. The van der Waals surface area contributed by atoms with Crippen LogP contribution >= 0.6 is 22.9 Å². The second-order valence-electron chi connectivity index (χ2n) is 8.95. The molecule has 0 amide bonds. The first-order valence-corrected chi connectivity index (χ1v) is 12.8. The van der Waals surface area contributed by atoms with E-state index in [9.17, 15) is 0 Å². The first-order valence-electron chi connectivity index (χ1n) is 11.6. The highest BCUT2D eigenvalue weighted by atomic mass is 35.5. The van der Waals surface area contributed by atoms with Crippen LogP contribution in [0.25, 0.3) is 37.8 Å². The van der Waals surface area contributed by atoms with Crippen molar-refractivity contribution in [3.05, 3.63) is 46.9 Å². The molecule has 0 radical (unpaired) electrons. The maximum atomic E-state index is 16.3. The van der Waals surface area contributed by atoms with Crippen LogP contribution in [0.5, 0.6) is 6.01 Å². The van der Waals surface area contributed by atoms with Crippen LogP contribution in [0.1, 0.15) is 18.5 Å². The van der Waals surface area contributed by atoms with Crippen molar-refractivity contribution in [2.75, 3.05) is 39.0 Å². The zero-order valence-electron chi connectivity index (χ0n) is 19.1. The van der Waals surface area contributed by atoms with E-state index in [0.29, 0.717) is 46.5 Å². The molecule has 0 spiro atoms. The number of hydrogen-bond acceptors (Lipinski definition) is 8. The number of aromatic nitrogens is 3. The number of nitrogens with two attached hydrogens (primary N) is 1. The van der Waals surface area contributed by atoms with E-state index in [1.807, 2.05) is 12.1 Å². The van der Waals surface area contributed by atoms with Gasteiger partial charge < -0.3 is 20.7 Å². The van der Waals surface area contributed by atoms with Crippen LogP contribution in [0.3, 0.4) is 0 Å². The van der Waals surface area contributed by atoms with Gasteiger partial charge in [-0.1, -0.05) is 41.1 Å². The summed E-state index contributed by atoms with van der Waals surface area (Å²) < 4.78 is 23.2. The third kappa shape index (κ3) is 4.02. The number of likely N-dealkylation sites (N-methyl/N-ethyl adjacent to an activating group) is 1. The highest BCUT2D eigenvalue weighted by molar-refractivity contribution is 7.22. The van der Waals surface area contributed by atoms with Gasteiger partial charge in [0.25, 0.3) is 0 Å². The van der Waals surface area contributed by atoms with Crippen molar-refractivity contribution in [1.29, 1.82) is 0 Å². The standard InChI is InChI=1S/C25H24ClFN6OS/c1-33-9-3-4-14(33)12-34-25-31-21(13-7-8-29-11-13)16-10-17(26)19(20(27)23(16)32-25)15-5-2-6-18-22(15)30-24(28)35-18/h2,5-7,10,14,29H,3-4,8-9,11-12H2,1H3,(H2,28,30). The van der Waals surface area contributed by atoms with Crippen LogP contribution < -0.4 is 15.8 Å². The van der Waals surface area contributed by atoms with Crippen LogP contribution in [-0.2, 0) is 0 Å². The molecule has 2 aromatic carbocycles. The number of nitrogens with one attached hydrogen (secondary N) is 1. The van der Waals surface area contributed by atoms with E-state index in [-0.39, 0.29) is 22.1 Å². The second-order valence-corrected chi connectivity index (χ2v) is 10.4. The zero-order valence-corrected chi connectivity index (χ0v) is 20.7. The molecule has 7 nitrogen and oxygen atoms in total. The molecule has 180 valence electrons. The summed E-state index contributed by atoms with van der Waals surface area (Å²) in [6.45, 7) is 2.86. The van der Waals surface area contributed by atoms with E-state index in [1.165, 1.54) is 11.3 Å². The Hall–Kier alpha value is -2.85. The molecule has 2 aliphatic rings. The van der Waals surface area contributed by atoms with E-state index in [0.717, 1.165) is 36.2 Å². The van der Waals surface area contributed by atoms with Crippen molar-refractivity contribution in [1.82, 2.24) is 25.2 Å². The van der Waals surface area contributed by atoms with Crippen LogP contribution in [0, 0.1) is 5.82 Å². The molecule has 1 atom stereocenters. The average molecular weight is 511 g/mol. The Balaban J connectivity index is 1.52. The summed E-state index contributed by atoms with van der Waals surface area (Å²) in [5.41, 5.74) is 9.17. The molecular weight excluding hydrogens is 487 g/mol. The molecule has 0 aliphatic carbocycles. The molecule has 3 N–H and O–H groups in total. The fraction of sp³-hybridized carbons (Fsp3) is 0.320. The van der Waals surface area contributed by atoms with Gasteiger partial charge in [0.15, 0.2) is 10.9 Å². The minimum absolute atomic E-state index is 0.170. The molecular formula is C25H24ClFN6OS. The Bertz CT molecular complexity index is 1490. The highest BCUT2D eigenvalue weighted by Gasteiger charge is 2.25. The number of benzene rings is 2. The molecule has 35 heavy (non-hydrogen) atoms. The summed E-state index contributed by atoms with van der Waals surface area (Å²) in [5.74, 6) is -0.524. The minimum Gasteiger partial charge on any atom is -0.462 e. The fourth-order valence-electron chi connectivity index (χ4n) is 4.91. The summed E-state index contributed by atoms with van der Waals surface area (Å²) >= 11 is 8.06. The highest BCUT2D eigenvalue weighted by Crippen LogP contribution is 2.41. The Morgan fingerprint density at radius 2 is 2.17 bits per heavy atom. The number of ether oxygens (including phenoxy) is 1. The second kappa shape index (κ2) is 8.98. The molecule has 10 heteroatoms. The maximum Gasteiger partial charge on any atom is 0.317 e. The van der Waals surface area contributed by atoms with E-state index in [2.05, 4.69) is 33.3 Å². The number of halogens is 2. The summed E-state index contributed by atoms with van der Waals surface area (Å²) in [4.78, 5) is 15.9. The lowest BCUT2D eigenvalue weighted by Gasteiger charge is -2.19. The van der Waals surface area contributed by atoms with E-state index in [1.54, 1.807) is 12.1 Å². The summed E-state index contributed by atoms with van der Waals surface area (Å²) in [7, 11) is 2.09. The SMILES string of the molecule is CN1CCCC1COc1nc(C2=CCNC2)c2cc(Cl)c(-c3cccc4sc(N)nc34)c(F)c2n1. The van der Waals surface area contributed by atoms with Crippen LogP contribution in [0.15, 0.2) is 30.3 Å². The molecule has 0 saturated carbocycles.